The first-order valence-corrected chi connectivity index (χ1v) is 16.8. The highest BCUT2D eigenvalue weighted by Crippen LogP contribution is 2.64. The number of amides is 4. The zero-order valence-electron chi connectivity index (χ0n) is 26.5. The van der Waals surface area contributed by atoms with E-state index in [9.17, 15) is 33.8 Å². The van der Waals surface area contributed by atoms with Crippen LogP contribution in [0.25, 0.3) is 10.8 Å². The molecule has 2 aliphatic carbocycles. The van der Waals surface area contributed by atoms with Crippen LogP contribution < -0.4 is 4.90 Å². The first-order chi connectivity index (χ1) is 23.5. The molecule has 8 rings (SSSR count). The molecule has 1 saturated carbocycles. The third-order valence-corrected chi connectivity index (χ3v) is 11.6. The number of carbonyl (C=O) groups is 4. The molecular formula is C39H32ClFN2O6. The zero-order chi connectivity index (χ0) is 34.4. The van der Waals surface area contributed by atoms with Crippen LogP contribution >= 0.6 is 11.6 Å². The number of nitrogens with zero attached hydrogens (tertiary/aromatic N) is 2. The van der Waals surface area contributed by atoms with Gasteiger partial charge in [0.2, 0.25) is 23.6 Å². The van der Waals surface area contributed by atoms with Gasteiger partial charge >= 0.3 is 0 Å². The van der Waals surface area contributed by atoms with Crippen LogP contribution in [-0.4, -0.2) is 45.3 Å². The molecule has 2 N–H and O–H groups in total. The van der Waals surface area contributed by atoms with Crippen LogP contribution in [-0.2, 0) is 25.6 Å². The van der Waals surface area contributed by atoms with Crippen molar-refractivity contribution in [3.63, 3.8) is 0 Å². The Morgan fingerprint density at radius 1 is 0.898 bits per heavy atom. The summed E-state index contributed by atoms with van der Waals surface area (Å²) in [6, 6.07) is 21.3. The molecule has 0 aromatic heterocycles. The van der Waals surface area contributed by atoms with Gasteiger partial charge in [-0.3, -0.25) is 24.1 Å². The molecule has 3 fully saturated rings. The van der Waals surface area contributed by atoms with Gasteiger partial charge in [0.1, 0.15) is 17.3 Å². The Labute approximate surface area is 286 Å². The standard InChI is InChI=1S/C39H32ClFN2O6/c1-39-29(36(47)43(38(39)49)22-9-15-31(41)30(40)18-22)19-28-25(33(39)27-12-8-21-4-2-3-5-24(21)34(27)45)13-14-26-32(28)37(48)42(35(26)46)17-16-20-6-10-23(44)11-7-20/h2-13,15,18,26,28-29,32-33,44-45H,14,16-17,19H2,1H3. The van der Waals surface area contributed by atoms with Crippen molar-refractivity contribution in [1.82, 2.24) is 4.90 Å². The second-order valence-electron chi connectivity index (χ2n) is 13.7. The fourth-order valence-electron chi connectivity index (χ4n) is 8.92. The van der Waals surface area contributed by atoms with Gasteiger partial charge in [-0.25, -0.2) is 9.29 Å². The third kappa shape index (κ3) is 4.55. The smallest absolute Gasteiger partial charge is 0.241 e. The molecule has 248 valence electrons. The Hall–Kier alpha value is -5.02. The first kappa shape index (κ1) is 31.3. The van der Waals surface area contributed by atoms with Gasteiger partial charge in [0.25, 0.3) is 0 Å². The molecule has 4 aromatic carbocycles. The van der Waals surface area contributed by atoms with Crippen LogP contribution in [0.2, 0.25) is 5.02 Å². The monoisotopic (exact) mass is 678 g/mol. The molecule has 0 radical (unpaired) electrons. The number of allylic oxidation sites excluding steroid dienone is 2. The van der Waals surface area contributed by atoms with Crippen molar-refractivity contribution in [1.29, 1.82) is 0 Å². The number of rotatable bonds is 5. The number of likely N-dealkylation sites (tertiary alicyclic amines) is 1. The third-order valence-electron chi connectivity index (χ3n) is 11.3. The van der Waals surface area contributed by atoms with E-state index in [1.54, 1.807) is 43.3 Å². The number of hydrogen-bond donors (Lipinski definition) is 2. The SMILES string of the molecule is CC12C(=O)N(c3ccc(F)c(Cl)c3)C(=O)C1CC1C(=CCC3C(=O)N(CCc4ccc(O)cc4)C(=O)C31)C2c1ccc2ccccc2c1O. The summed E-state index contributed by atoms with van der Waals surface area (Å²) < 4.78 is 14.2. The van der Waals surface area contributed by atoms with Crippen LogP contribution in [0.4, 0.5) is 10.1 Å². The Morgan fingerprint density at radius 3 is 2.41 bits per heavy atom. The molecule has 8 nitrogen and oxygen atoms in total. The maximum Gasteiger partial charge on any atom is 0.241 e. The minimum absolute atomic E-state index is 0.0142. The van der Waals surface area contributed by atoms with Crippen LogP contribution in [0.5, 0.6) is 11.5 Å². The summed E-state index contributed by atoms with van der Waals surface area (Å²) in [6.07, 6.45) is 2.78. The highest BCUT2D eigenvalue weighted by molar-refractivity contribution is 6.31. The number of benzene rings is 4. The van der Waals surface area contributed by atoms with Crippen LogP contribution in [0.15, 0.2) is 90.5 Å². The molecule has 4 aromatic rings. The molecule has 2 heterocycles. The molecule has 2 saturated heterocycles. The van der Waals surface area contributed by atoms with Gasteiger partial charge < -0.3 is 10.2 Å². The number of phenolic OH excluding ortho intramolecular Hbond substituents is 2. The van der Waals surface area contributed by atoms with Crippen LogP contribution in [0.1, 0.15) is 36.8 Å². The summed E-state index contributed by atoms with van der Waals surface area (Å²) in [7, 11) is 0. The highest BCUT2D eigenvalue weighted by atomic mass is 35.5. The molecule has 6 unspecified atom stereocenters. The number of hydrogen-bond acceptors (Lipinski definition) is 6. The molecule has 6 atom stereocenters. The minimum atomic E-state index is -1.38. The van der Waals surface area contributed by atoms with Gasteiger partial charge in [-0.1, -0.05) is 71.8 Å². The highest BCUT2D eigenvalue weighted by Gasteiger charge is 2.68. The van der Waals surface area contributed by atoms with Gasteiger partial charge in [-0.15, -0.1) is 0 Å². The van der Waals surface area contributed by atoms with Gasteiger partial charge in [0, 0.05) is 23.4 Å². The normalized spacial score (nSPS) is 27.7. The van der Waals surface area contributed by atoms with Crippen molar-refractivity contribution < 1.29 is 33.8 Å². The summed E-state index contributed by atoms with van der Waals surface area (Å²) in [5, 5.41) is 22.6. The molecule has 0 spiro atoms. The molecule has 4 aliphatic rings. The van der Waals surface area contributed by atoms with Crippen LogP contribution in [0.3, 0.4) is 0 Å². The second-order valence-corrected chi connectivity index (χ2v) is 14.1. The number of anilines is 1. The van der Waals surface area contributed by atoms with Crippen molar-refractivity contribution in [2.45, 2.75) is 32.1 Å². The Balaban J connectivity index is 1.23. The number of carbonyl (C=O) groups excluding carboxylic acids is 4. The fraction of sp³-hybridized carbons (Fsp3) is 0.282. The van der Waals surface area contributed by atoms with E-state index in [4.69, 9.17) is 11.6 Å². The van der Waals surface area contributed by atoms with Crippen molar-refractivity contribution in [2.75, 3.05) is 11.4 Å². The van der Waals surface area contributed by atoms with E-state index in [-0.39, 0.29) is 53.4 Å². The van der Waals surface area contributed by atoms with Crippen molar-refractivity contribution in [3.05, 3.63) is 112 Å². The number of phenols is 2. The first-order valence-electron chi connectivity index (χ1n) is 16.4. The maximum atomic E-state index is 14.7. The van der Waals surface area contributed by atoms with E-state index in [0.29, 0.717) is 17.4 Å². The Morgan fingerprint density at radius 2 is 1.65 bits per heavy atom. The van der Waals surface area contributed by atoms with Crippen molar-refractivity contribution in [2.24, 2.45) is 29.1 Å². The van der Waals surface area contributed by atoms with E-state index in [1.165, 1.54) is 17.0 Å². The summed E-state index contributed by atoms with van der Waals surface area (Å²) in [5.74, 6) is -5.76. The number of fused-ring (bicyclic) bond motifs is 5. The number of aromatic hydroxyl groups is 2. The van der Waals surface area contributed by atoms with Gasteiger partial charge in [-0.2, -0.15) is 0 Å². The molecular weight excluding hydrogens is 647 g/mol. The minimum Gasteiger partial charge on any atom is -0.508 e. The maximum absolute atomic E-state index is 14.7. The van der Waals surface area contributed by atoms with Crippen molar-refractivity contribution in [3.8, 4) is 11.5 Å². The number of halogens is 2. The van der Waals surface area contributed by atoms with Gasteiger partial charge in [0.15, 0.2) is 0 Å². The second kappa shape index (κ2) is 11.3. The molecule has 10 heteroatoms. The van der Waals surface area contributed by atoms with Crippen LogP contribution in [0, 0.1) is 34.9 Å². The quantitative estimate of drug-likeness (QED) is 0.184. The predicted octanol–water partition coefficient (Wildman–Crippen LogP) is 6.52. The number of imide groups is 2. The van der Waals surface area contributed by atoms with Gasteiger partial charge in [-0.05, 0) is 73.4 Å². The topological polar surface area (TPSA) is 115 Å². The van der Waals surface area contributed by atoms with Gasteiger partial charge in [0.05, 0.1) is 33.9 Å². The van der Waals surface area contributed by atoms with E-state index in [0.717, 1.165) is 27.5 Å². The Kier molecular flexibility index (Phi) is 7.19. The molecule has 4 amide bonds. The lowest BCUT2D eigenvalue weighted by molar-refractivity contribution is -0.140. The van der Waals surface area contributed by atoms with E-state index >= 15 is 0 Å². The van der Waals surface area contributed by atoms with Crippen molar-refractivity contribution >= 4 is 51.7 Å². The summed E-state index contributed by atoms with van der Waals surface area (Å²) in [6.45, 7) is 1.90. The zero-order valence-corrected chi connectivity index (χ0v) is 27.2. The fourth-order valence-corrected chi connectivity index (χ4v) is 9.10. The van der Waals surface area contributed by atoms with E-state index in [1.807, 2.05) is 30.3 Å². The molecule has 49 heavy (non-hydrogen) atoms. The summed E-state index contributed by atoms with van der Waals surface area (Å²) >= 11 is 6.10. The van der Waals surface area contributed by atoms with E-state index in [2.05, 4.69) is 0 Å². The lowest BCUT2D eigenvalue weighted by Crippen LogP contribution is -2.49. The average Bonchev–Trinajstić information content (AvgIpc) is 3.45. The summed E-state index contributed by atoms with van der Waals surface area (Å²) in [4.78, 5) is 59.4. The average molecular weight is 679 g/mol. The molecule has 0 bridgehead atoms. The predicted molar refractivity (Wildman–Crippen MR) is 180 cm³/mol. The lowest BCUT2D eigenvalue weighted by Gasteiger charge is -2.49. The lowest BCUT2D eigenvalue weighted by atomic mass is 9.51. The largest absolute Gasteiger partial charge is 0.508 e. The molecule has 2 aliphatic heterocycles. The summed E-state index contributed by atoms with van der Waals surface area (Å²) in [5.41, 5.74) is 0.843. The Bertz CT molecular complexity index is 2130. The van der Waals surface area contributed by atoms with E-state index < -0.39 is 52.6 Å².